The van der Waals surface area contributed by atoms with Crippen molar-refractivity contribution in [2.45, 2.75) is 0 Å². The molecule has 78 valence electrons. The lowest BCUT2D eigenvalue weighted by atomic mass is 10.2. The predicted molar refractivity (Wildman–Crippen MR) is 62.3 cm³/mol. The molecule has 2 rings (SSSR count). The second-order valence-electron chi connectivity index (χ2n) is 3.00. The van der Waals surface area contributed by atoms with Crippen molar-refractivity contribution in [1.29, 1.82) is 0 Å². The number of fused-ring (bicyclic) bond motifs is 1. The van der Waals surface area contributed by atoms with Crippen LogP contribution in [0.5, 0.6) is 0 Å². The van der Waals surface area contributed by atoms with Crippen molar-refractivity contribution >= 4 is 44.4 Å². The van der Waals surface area contributed by atoms with Gasteiger partial charge in [-0.1, -0.05) is 27.5 Å². The third-order valence-corrected chi connectivity index (χ3v) is 2.87. The van der Waals surface area contributed by atoms with Crippen LogP contribution in [0.1, 0.15) is 10.4 Å². The van der Waals surface area contributed by atoms with Crippen LogP contribution in [0.2, 0.25) is 5.02 Å². The van der Waals surface area contributed by atoms with Gasteiger partial charge in [-0.3, -0.25) is 0 Å². The van der Waals surface area contributed by atoms with Crippen LogP contribution in [0.15, 0.2) is 22.8 Å². The lowest BCUT2D eigenvalue weighted by Gasteiger charge is -1.98. The van der Waals surface area contributed by atoms with E-state index in [4.69, 9.17) is 11.6 Å². The van der Waals surface area contributed by atoms with Gasteiger partial charge in [-0.15, -0.1) is 0 Å². The highest BCUT2D eigenvalue weighted by molar-refractivity contribution is 9.10. The number of hydrogen-bond acceptors (Lipinski definition) is 2. The fraction of sp³-hybridized carbons (Fsp3) is 0.100. The summed E-state index contributed by atoms with van der Waals surface area (Å²) in [5, 5.41) is 1.32. The second kappa shape index (κ2) is 3.87. The minimum atomic E-state index is -0.379. The topological polar surface area (TPSA) is 42.1 Å². The highest BCUT2D eigenvalue weighted by Gasteiger charge is 2.14. The maximum atomic E-state index is 11.4. The number of hydrogen-bond donors (Lipinski definition) is 1. The van der Waals surface area contributed by atoms with Gasteiger partial charge in [0.05, 0.1) is 23.2 Å². The number of ether oxygens (including phenoxy) is 1. The van der Waals surface area contributed by atoms with Crippen molar-refractivity contribution in [1.82, 2.24) is 4.98 Å². The Morgan fingerprint density at radius 1 is 1.53 bits per heavy atom. The molecule has 0 atom stereocenters. The predicted octanol–water partition coefficient (Wildman–Crippen LogP) is 3.37. The van der Waals surface area contributed by atoms with E-state index in [1.165, 1.54) is 7.11 Å². The summed E-state index contributed by atoms with van der Waals surface area (Å²) in [5.41, 5.74) is 1.22. The van der Waals surface area contributed by atoms with Crippen molar-refractivity contribution < 1.29 is 9.53 Å². The summed E-state index contributed by atoms with van der Waals surface area (Å²) in [6, 6.07) is 3.59. The summed E-state index contributed by atoms with van der Waals surface area (Å²) >= 11 is 9.33. The number of rotatable bonds is 1. The van der Waals surface area contributed by atoms with Crippen LogP contribution in [0, 0.1) is 0 Å². The first-order valence-electron chi connectivity index (χ1n) is 4.18. The molecular formula is C10H7BrClNO2. The highest BCUT2D eigenvalue weighted by atomic mass is 79.9. The standard InChI is InChI=1S/C10H7BrClNO2/c1-15-10(14)7-4-13-9-6(7)2-5(11)3-8(9)12/h2-4,13H,1H3. The van der Waals surface area contributed by atoms with E-state index in [-0.39, 0.29) is 5.97 Å². The molecule has 1 N–H and O–H groups in total. The third-order valence-electron chi connectivity index (χ3n) is 2.11. The summed E-state index contributed by atoms with van der Waals surface area (Å²) < 4.78 is 5.49. The van der Waals surface area contributed by atoms with E-state index in [9.17, 15) is 4.79 Å². The minimum Gasteiger partial charge on any atom is -0.465 e. The Balaban J connectivity index is 2.74. The van der Waals surface area contributed by atoms with Gasteiger partial charge in [0, 0.05) is 16.1 Å². The van der Waals surface area contributed by atoms with Crippen LogP contribution in [-0.2, 0) is 4.74 Å². The molecule has 5 heteroatoms. The Labute approximate surface area is 99.5 Å². The molecule has 0 aliphatic heterocycles. The monoisotopic (exact) mass is 287 g/mol. The number of carbonyl (C=O) groups is 1. The first kappa shape index (κ1) is 10.5. The van der Waals surface area contributed by atoms with Gasteiger partial charge >= 0.3 is 5.97 Å². The average molecular weight is 289 g/mol. The molecule has 15 heavy (non-hydrogen) atoms. The zero-order chi connectivity index (χ0) is 11.0. The Bertz CT molecular complexity index is 535. The molecule has 1 heterocycles. The Kier molecular flexibility index (Phi) is 2.71. The van der Waals surface area contributed by atoms with Crippen molar-refractivity contribution in [2.24, 2.45) is 0 Å². The molecule has 0 bridgehead atoms. The first-order chi connectivity index (χ1) is 7.13. The SMILES string of the molecule is COC(=O)c1c[nH]c2c(Cl)cc(Br)cc12. The maximum absolute atomic E-state index is 11.4. The van der Waals surface area contributed by atoms with E-state index >= 15 is 0 Å². The lowest BCUT2D eigenvalue weighted by Crippen LogP contribution is -1.99. The van der Waals surface area contributed by atoms with Crippen LogP contribution in [0.4, 0.5) is 0 Å². The molecule has 0 saturated carbocycles. The fourth-order valence-corrected chi connectivity index (χ4v) is 2.30. The van der Waals surface area contributed by atoms with Crippen LogP contribution < -0.4 is 0 Å². The van der Waals surface area contributed by atoms with E-state index in [1.807, 2.05) is 6.07 Å². The van der Waals surface area contributed by atoms with Crippen LogP contribution >= 0.6 is 27.5 Å². The third kappa shape index (κ3) is 1.75. The number of esters is 1. The van der Waals surface area contributed by atoms with Crippen molar-refractivity contribution in [3.8, 4) is 0 Å². The van der Waals surface area contributed by atoms with E-state index in [0.717, 1.165) is 15.4 Å². The van der Waals surface area contributed by atoms with Crippen LogP contribution in [-0.4, -0.2) is 18.1 Å². The van der Waals surface area contributed by atoms with E-state index in [2.05, 4.69) is 25.7 Å². The number of aromatic nitrogens is 1. The van der Waals surface area contributed by atoms with Gasteiger partial charge in [-0.2, -0.15) is 0 Å². The summed E-state index contributed by atoms with van der Waals surface area (Å²) in [4.78, 5) is 14.4. The molecule has 0 fully saturated rings. The minimum absolute atomic E-state index is 0.379. The van der Waals surface area contributed by atoms with Gasteiger partial charge in [-0.05, 0) is 12.1 Å². The highest BCUT2D eigenvalue weighted by Crippen LogP contribution is 2.29. The molecule has 1 aromatic heterocycles. The van der Waals surface area contributed by atoms with Crippen LogP contribution in [0.25, 0.3) is 10.9 Å². The molecule has 0 unspecified atom stereocenters. The normalized spacial score (nSPS) is 10.6. The number of halogens is 2. The van der Waals surface area contributed by atoms with E-state index in [0.29, 0.717) is 10.6 Å². The number of carbonyl (C=O) groups excluding carboxylic acids is 1. The molecule has 0 aliphatic carbocycles. The molecule has 0 aliphatic rings. The van der Waals surface area contributed by atoms with Crippen molar-refractivity contribution in [2.75, 3.05) is 7.11 Å². The number of H-pyrrole nitrogens is 1. The number of benzene rings is 1. The number of nitrogens with one attached hydrogen (secondary N) is 1. The number of aromatic amines is 1. The summed E-state index contributed by atoms with van der Waals surface area (Å²) in [6.07, 6.45) is 1.59. The molecular weight excluding hydrogens is 281 g/mol. The summed E-state index contributed by atoms with van der Waals surface area (Å²) in [6.45, 7) is 0. The first-order valence-corrected chi connectivity index (χ1v) is 5.35. The molecule has 0 saturated heterocycles. The molecule has 0 radical (unpaired) electrons. The second-order valence-corrected chi connectivity index (χ2v) is 4.33. The molecule has 3 nitrogen and oxygen atoms in total. The van der Waals surface area contributed by atoms with E-state index in [1.54, 1.807) is 12.3 Å². The summed E-state index contributed by atoms with van der Waals surface area (Å²) in [5.74, 6) is -0.379. The van der Waals surface area contributed by atoms with Crippen molar-refractivity contribution in [3.63, 3.8) is 0 Å². The van der Waals surface area contributed by atoms with Gasteiger partial charge in [-0.25, -0.2) is 4.79 Å². The zero-order valence-corrected chi connectivity index (χ0v) is 10.1. The van der Waals surface area contributed by atoms with Gasteiger partial charge < -0.3 is 9.72 Å². The number of methoxy groups -OCH3 is 1. The quantitative estimate of drug-likeness (QED) is 0.818. The van der Waals surface area contributed by atoms with Gasteiger partial charge in [0.15, 0.2) is 0 Å². The molecule has 0 amide bonds. The average Bonchev–Trinajstić information content (AvgIpc) is 2.60. The Morgan fingerprint density at radius 2 is 2.27 bits per heavy atom. The summed E-state index contributed by atoms with van der Waals surface area (Å²) in [7, 11) is 1.35. The fourth-order valence-electron chi connectivity index (χ4n) is 1.43. The van der Waals surface area contributed by atoms with Crippen molar-refractivity contribution in [3.05, 3.63) is 33.4 Å². The molecule has 0 spiro atoms. The van der Waals surface area contributed by atoms with E-state index < -0.39 is 0 Å². The maximum Gasteiger partial charge on any atom is 0.340 e. The van der Waals surface area contributed by atoms with Gasteiger partial charge in [0.1, 0.15) is 0 Å². The molecule has 2 aromatic rings. The smallest absolute Gasteiger partial charge is 0.340 e. The Hall–Kier alpha value is -1.000. The Morgan fingerprint density at radius 3 is 2.93 bits per heavy atom. The zero-order valence-electron chi connectivity index (χ0n) is 7.80. The molecule has 1 aromatic carbocycles. The van der Waals surface area contributed by atoms with Crippen LogP contribution in [0.3, 0.4) is 0 Å². The van der Waals surface area contributed by atoms with Gasteiger partial charge in [0.2, 0.25) is 0 Å². The largest absolute Gasteiger partial charge is 0.465 e. The van der Waals surface area contributed by atoms with Gasteiger partial charge in [0.25, 0.3) is 0 Å². The lowest BCUT2D eigenvalue weighted by molar-refractivity contribution is 0.0603.